The van der Waals surface area contributed by atoms with Gasteiger partial charge in [-0.05, 0) is 36.8 Å². The van der Waals surface area contributed by atoms with Crippen LogP contribution in [0.1, 0.15) is 11.8 Å². The largest absolute Gasteiger partial charge is 0.383 e. The third-order valence-electron chi connectivity index (χ3n) is 2.84. The summed E-state index contributed by atoms with van der Waals surface area (Å²) in [4.78, 5) is 2.29. The van der Waals surface area contributed by atoms with E-state index in [0.29, 0.717) is 11.7 Å². The van der Waals surface area contributed by atoms with Crippen LogP contribution in [0.4, 0.5) is 0 Å². The molecule has 0 saturated heterocycles. The fourth-order valence-corrected chi connectivity index (χ4v) is 3.02. The van der Waals surface area contributed by atoms with E-state index in [9.17, 15) is 0 Å². The summed E-state index contributed by atoms with van der Waals surface area (Å²) in [7, 11) is 1.66. The van der Waals surface area contributed by atoms with Gasteiger partial charge in [-0.3, -0.25) is 5.43 Å². The van der Waals surface area contributed by atoms with E-state index in [1.807, 2.05) is 31.2 Å². The van der Waals surface area contributed by atoms with E-state index < -0.39 is 0 Å². The molecule has 6 heteroatoms. The molecule has 1 aromatic carbocycles. The molecule has 0 saturated carbocycles. The molecule has 2 N–H and O–H groups in total. The summed E-state index contributed by atoms with van der Waals surface area (Å²) in [5.41, 5.74) is 4.02. The maximum atomic E-state index is 5.15. The second-order valence-electron chi connectivity index (χ2n) is 4.77. The molecule has 1 heterocycles. The van der Waals surface area contributed by atoms with Crippen LogP contribution in [0, 0.1) is 0 Å². The Morgan fingerprint density at radius 3 is 2.82 bits per heavy atom. The zero-order chi connectivity index (χ0) is 15.8. The molecule has 1 aromatic heterocycles. The average Bonchev–Trinajstić information content (AvgIpc) is 2.97. The van der Waals surface area contributed by atoms with Crippen molar-refractivity contribution in [1.82, 2.24) is 10.7 Å². The Kier molecular flexibility index (Phi) is 6.51. The highest BCUT2D eigenvalue weighted by molar-refractivity contribution is 7.80. The number of benzene rings is 1. The fraction of sp³-hybridized carbons (Fsp3) is 0.250. The quantitative estimate of drug-likeness (QED) is 0.484. The Labute approximate surface area is 140 Å². The van der Waals surface area contributed by atoms with Gasteiger partial charge in [-0.25, -0.2) is 0 Å². The van der Waals surface area contributed by atoms with Crippen LogP contribution in [-0.2, 0) is 4.74 Å². The van der Waals surface area contributed by atoms with Crippen molar-refractivity contribution in [3.8, 4) is 10.4 Å². The molecule has 0 radical (unpaired) electrons. The first-order chi connectivity index (χ1) is 10.7. The normalized spacial score (nSPS) is 12.3. The van der Waals surface area contributed by atoms with Gasteiger partial charge in [0.25, 0.3) is 0 Å². The number of thiophene rings is 1. The molecular formula is C16H19N3OS2. The van der Waals surface area contributed by atoms with Crippen LogP contribution >= 0.6 is 23.6 Å². The van der Waals surface area contributed by atoms with Gasteiger partial charge in [0.15, 0.2) is 5.11 Å². The van der Waals surface area contributed by atoms with Crippen LogP contribution in [0.15, 0.2) is 47.6 Å². The van der Waals surface area contributed by atoms with E-state index in [1.165, 1.54) is 10.4 Å². The maximum Gasteiger partial charge on any atom is 0.187 e. The van der Waals surface area contributed by atoms with E-state index in [4.69, 9.17) is 17.0 Å². The number of hydrazone groups is 1. The molecule has 0 fully saturated rings. The summed E-state index contributed by atoms with van der Waals surface area (Å²) in [6.45, 7) is 2.59. The monoisotopic (exact) mass is 333 g/mol. The topological polar surface area (TPSA) is 45.6 Å². The molecule has 2 aromatic rings. The molecule has 0 aliphatic rings. The summed E-state index contributed by atoms with van der Waals surface area (Å²) in [5, 5.41) is 7.72. The molecule has 4 nitrogen and oxygen atoms in total. The first-order valence-electron chi connectivity index (χ1n) is 6.93. The van der Waals surface area contributed by atoms with E-state index in [1.54, 1.807) is 24.7 Å². The SMILES string of the molecule is COC[C@H](C)NC(=S)N/N=C\c1ccc(-c2ccccc2)s1. The second kappa shape index (κ2) is 8.63. The third-order valence-corrected chi connectivity index (χ3v) is 4.12. The third kappa shape index (κ3) is 5.22. The van der Waals surface area contributed by atoms with Gasteiger partial charge in [0.2, 0.25) is 0 Å². The van der Waals surface area contributed by atoms with E-state index >= 15 is 0 Å². The second-order valence-corrected chi connectivity index (χ2v) is 6.29. The molecule has 0 spiro atoms. The lowest BCUT2D eigenvalue weighted by Crippen LogP contribution is -2.40. The van der Waals surface area contributed by atoms with E-state index in [-0.39, 0.29) is 6.04 Å². The number of thiocarbonyl (C=S) groups is 1. The summed E-state index contributed by atoms with van der Waals surface area (Å²) in [6, 6.07) is 14.6. The van der Waals surface area contributed by atoms with Crippen molar-refractivity contribution in [1.29, 1.82) is 0 Å². The molecule has 0 amide bonds. The van der Waals surface area contributed by atoms with Crippen molar-refractivity contribution in [2.24, 2.45) is 5.10 Å². The molecule has 0 unspecified atom stereocenters. The van der Waals surface area contributed by atoms with Gasteiger partial charge in [-0.2, -0.15) is 5.10 Å². The van der Waals surface area contributed by atoms with Gasteiger partial charge in [-0.1, -0.05) is 30.3 Å². The highest BCUT2D eigenvalue weighted by Gasteiger charge is 2.03. The Bertz CT molecular complexity index is 625. The smallest absolute Gasteiger partial charge is 0.187 e. The minimum Gasteiger partial charge on any atom is -0.383 e. The number of hydrogen-bond donors (Lipinski definition) is 2. The number of methoxy groups -OCH3 is 1. The van der Waals surface area contributed by atoms with Crippen LogP contribution in [0.2, 0.25) is 0 Å². The number of nitrogens with zero attached hydrogens (tertiary/aromatic N) is 1. The number of nitrogens with one attached hydrogen (secondary N) is 2. The van der Waals surface area contributed by atoms with Gasteiger partial charge in [-0.15, -0.1) is 11.3 Å². The Morgan fingerprint density at radius 1 is 1.32 bits per heavy atom. The summed E-state index contributed by atoms with van der Waals surface area (Å²) < 4.78 is 5.04. The van der Waals surface area contributed by atoms with E-state index in [0.717, 1.165) is 4.88 Å². The first-order valence-corrected chi connectivity index (χ1v) is 8.15. The van der Waals surface area contributed by atoms with Crippen molar-refractivity contribution in [3.05, 3.63) is 47.3 Å². The van der Waals surface area contributed by atoms with Crippen LogP contribution in [0.3, 0.4) is 0 Å². The number of rotatable bonds is 6. The predicted molar refractivity (Wildman–Crippen MR) is 97.6 cm³/mol. The van der Waals surface area contributed by atoms with Gasteiger partial charge in [0.05, 0.1) is 12.8 Å². The van der Waals surface area contributed by atoms with Crippen molar-refractivity contribution in [3.63, 3.8) is 0 Å². The molecule has 2 rings (SSSR count). The minimum atomic E-state index is 0.145. The zero-order valence-corrected chi connectivity index (χ0v) is 14.2. The molecule has 0 aliphatic heterocycles. The molecule has 0 bridgehead atoms. The average molecular weight is 333 g/mol. The van der Waals surface area contributed by atoms with Gasteiger partial charge in [0, 0.05) is 22.9 Å². The molecule has 116 valence electrons. The van der Waals surface area contributed by atoms with Crippen molar-refractivity contribution < 1.29 is 4.74 Å². The van der Waals surface area contributed by atoms with Crippen molar-refractivity contribution in [2.75, 3.05) is 13.7 Å². The number of ether oxygens (including phenoxy) is 1. The van der Waals surface area contributed by atoms with Gasteiger partial charge >= 0.3 is 0 Å². The zero-order valence-electron chi connectivity index (χ0n) is 12.6. The highest BCUT2D eigenvalue weighted by Crippen LogP contribution is 2.26. The molecular weight excluding hydrogens is 314 g/mol. The molecule has 1 atom stereocenters. The lowest BCUT2D eigenvalue weighted by atomic mass is 10.2. The first kappa shape index (κ1) is 16.6. The van der Waals surface area contributed by atoms with Gasteiger partial charge < -0.3 is 10.1 Å². The lowest BCUT2D eigenvalue weighted by molar-refractivity contribution is 0.179. The van der Waals surface area contributed by atoms with Gasteiger partial charge in [0.1, 0.15) is 0 Å². The van der Waals surface area contributed by atoms with Crippen molar-refractivity contribution in [2.45, 2.75) is 13.0 Å². The number of hydrogen-bond acceptors (Lipinski definition) is 4. The van der Waals surface area contributed by atoms with Crippen LogP contribution < -0.4 is 10.7 Å². The lowest BCUT2D eigenvalue weighted by Gasteiger charge is -2.13. The molecule has 22 heavy (non-hydrogen) atoms. The summed E-state index contributed by atoms with van der Waals surface area (Å²) in [5.74, 6) is 0. The Morgan fingerprint density at radius 2 is 2.09 bits per heavy atom. The predicted octanol–water partition coefficient (Wildman–Crippen LogP) is 3.25. The van der Waals surface area contributed by atoms with Crippen LogP contribution in [-0.4, -0.2) is 31.1 Å². The van der Waals surface area contributed by atoms with E-state index in [2.05, 4.69) is 34.0 Å². The minimum absolute atomic E-state index is 0.145. The van der Waals surface area contributed by atoms with Crippen molar-refractivity contribution >= 4 is 34.9 Å². The molecule has 0 aliphatic carbocycles. The van der Waals surface area contributed by atoms with Crippen LogP contribution in [0.25, 0.3) is 10.4 Å². The summed E-state index contributed by atoms with van der Waals surface area (Å²) >= 11 is 6.84. The fourth-order valence-electron chi connectivity index (χ4n) is 1.88. The Hall–Kier alpha value is -1.76. The Balaban J connectivity index is 1.86. The van der Waals surface area contributed by atoms with Crippen LogP contribution in [0.5, 0.6) is 0 Å². The standard InChI is InChI=1S/C16H19N3OS2/c1-12(11-20-2)18-16(21)19-17-10-14-8-9-15(22-14)13-6-4-3-5-7-13/h3-10,12H,11H2,1-2H3,(H2,18,19,21)/b17-10-/t12-/m0/s1. The summed E-state index contributed by atoms with van der Waals surface area (Å²) in [6.07, 6.45) is 1.77. The highest BCUT2D eigenvalue weighted by atomic mass is 32.1. The maximum absolute atomic E-state index is 5.15.